The lowest BCUT2D eigenvalue weighted by molar-refractivity contribution is 0.0518. The minimum atomic E-state index is -0.540. The molecule has 0 radical (unpaired) electrons. The number of nitrogens with zero attached hydrogens (tertiary/aromatic N) is 2. The second kappa shape index (κ2) is 6.63. The molecule has 1 unspecified atom stereocenters. The molecule has 0 fully saturated rings. The average Bonchev–Trinajstić information content (AvgIpc) is 2.94. The highest BCUT2D eigenvalue weighted by molar-refractivity contribution is 5.99. The molecule has 24 heavy (non-hydrogen) atoms. The molecule has 0 spiro atoms. The Morgan fingerprint density at radius 2 is 2.21 bits per heavy atom. The zero-order valence-corrected chi connectivity index (χ0v) is 14.1. The number of halogens is 1. The Kier molecular flexibility index (Phi) is 4.55. The largest absolute Gasteiger partial charge is 0.477 e. The molecule has 1 atom stereocenters. The molecule has 3 rings (SSSR count). The van der Waals surface area contributed by atoms with E-state index in [1.807, 2.05) is 0 Å². The summed E-state index contributed by atoms with van der Waals surface area (Å²) in [6.45, 7) is 6.64. The first-order valence-electron chi connectivity index (χ1n) is 8.21. The monoisotopic (exact) mass is 332 g/mol. The van der Waals surface area contributed by atoms with Crippen molar-refractivity contribution in [1.82, 2.24) is 9.78 Å². The zero-order chi connectivity index (χ0) is 17.3. The van der Waals surface area contributed by atoms with Gasteiger partial charge in [0, 0.05) is 12.0 Å². The lowest BCUT2D eigenvalue weighted by Crippen LogP contribution is -2.25. The fraction of sp³-hybridized carbons (Fsp3) is 0.444. The fourth-order valence-corrected chi connectivity index (χ4v) is 3.03. The minimum absolute atomic E-state index is 0.0995. The van der Waals surface area contributed by atoms with Crippen molar-refractivity contribution < 1.29 is 18.7 Å². The smallest absolute Gasteiger partial charge is 0.345 e. The summed E-state index contributed by atoms with van der Waals surface area (Å²) in [4.78, 5) is 12.5. The van der Waals surface area contributed by atoms with Crippen LogP contribution in [0.15, 0.2) is 24.3 Å². The highest BCUT2D eigenvalue weighted by atomic mass is 19.1. The molecule has 0 saturated heterocycles. The van der Waals surface area contributed by atoms with Gasteiger partial charge in [0.15, 0.2) is 0 Å². The molecule has 0 bridgehead atoms. The Morgan fingerprint density at radius 1 is 1.46 bits per heavy atom. The molecule has 1 aromatic carbocycles. The average molecular weight is 332 g/mol. The van der Waals surface area contributed by atoms with Crippen molar-refractivity contribution in [2.75, 3.05) is 13.2 Å². The molecule has 1 aromatic heterocycles. The van der Waals surface area contributed by atoms with Gasteiger partial charge in [-0.1, -0.05) is 26.0 Å². The first-order chi connectivity index (χ1) is 11.5. The summed E-state index contributed by atoms with van der Waals surface area (Å²) in [5.41, 5.74) is 0.745. The van der Waals surface area contributed by atoms with Gasteiger partial charge in [0.05, 0.1) is 19.3 Å². The number of hydrogen-bond donors (Lipinski definition) is 0. The van der Waals surface area contributed by atoms with E-state index in [-0.39, 0.29) is 29.5 Å². The summed E-state index contributed by atoms with van der Waals surface area (Å²) in [5, 5.41) is 4.54. The number of ether oxygens (including phenoxy) is 2. The van der Waals surface area contributed by atoms with Gasteiger partial charge in [-0.2, -0.15) is 5.10 Å². The first-order valence-corrected chi connectivity index (χ1v) is 8.21. The Hall–Kier alpha value is -2.37. The third kappa shape index (κ3) is 2.77. The van der Waals surface area contributed by atoms with Crippen molar-refractivity contribution in [2.45, 2.75) is 33.2 Å². The van der Waals surface area contributed by atoms with Crippen LogP contribution in [0, 0.1) is 11.7 Å². The summed E-state index contributed by atoms with van der Waals surface area (Å²) >= 11 is 0. The second-order valence-corrected chi connectivity index (χ2v) is 6.12. The van der Waals surface area contributed by atoms with Crippen LogP contribution in [0.2, 0.25) is 0 Å². The Morgan fingerprint density at radius 3 is 2.88 bits per heavy atom. The minimum Gasteiger partial charge on any atom is -0.477 e. The van der Waals surface area contributed by atoms with E-state index in [4.69, 9.17) is 9.47 Å². The summed E-state index contributed by atoms with van der Waals surface area (Å²) in [7, 11) is 0. The molecular weight excluding hydrogens is 311 g/mol. The highest BCUT2D eigenvalue weighted by Gasteiger charge is 2.34. The summed E-state index contributed by atoms with van der Waals surface area (Å²) in [6, 6.07) is 6.38. The predicted octanol–water partition coefficient (Wildman–Crippen LogP) is 3.85. The molecule has 1 aliphatic heterocycles. The van der Waals surface area contributed by atoms with Crippen molar-refractivity contribution in [2.24, 2.45) is 5.92 Å². The molecule has 0 saturated carbocycles. The van der Waals surface area contributed by atoms with Crippen LogP contribution in [0.5, 0.6) is 5.88 Å². The van der Waals surface area contributed by atoms with E-state index < -0.39 is 11.8 Å². The maximum atomic E-state index is 14.3. The van der Waals surface area contributed by atoms with E-state index in [0.29, 0.717) is 18.4 Å². The van der Waals surface area contributed by atoms with Crippen LogP contribution in [0.3, 0.4) is 0 Å². The molecule has 0 amide bonds. The standard InChI is InChI=1S/C18H21FN2O3/c1-4-23-18(22)15-16(12-7-5-6-8-13(12)19)20-21-14(11(2)3)9-10-24-17(15)21/h5-8,11,14H,4,9-10H2,1-3H3. The molecule has 128 valence electrons. The Labute approximate surface area is 140 Å². The molecular formula is C18H21FN2O3. The molecule has 0 aliphatic carbocycles. The van der Waals surface area contributed by atoms with Crippen LogP contribution < -0.4 is 4.74 Å². The van der Waals surface area contributed by atoms with E-state index in [9.17, 15) is 9.18 Å². The summed E-state index contributed by atoms with van der Waals surface area (Å²) < 4.78 is 26.9. The van der Waals surface area contributed by atoms with E-state index in [2.05, 4.69) is 18.9 Å². The molecule has 2 heterocycles. The number of hydrogen-bond acceptors (Lipinski definition) is 4. The number of carbonyl (C=O) groups excluding carboxylic acids is 1. The molecule has 0 N–H and O–H groups in total. The third-order valence-electron chi connectivity index (χ3n) is 4.21. The molecule has 1 aliphatic rings. The van der Waals surface area contributed by atoms with Gasteiger partial charge in [0.1, 0.15) is 17.1 Å². The summed E-state index contributed by atoms with van der Waals surface area (Å²) in [5.74, 6) is -0.284. The fourth-order valence-electron chi connectivity index (χ4n) is 3.03. The van der Waals surface area contributed by atoms with Gasteiger partial charge in [0.25, 0.3) is 0 Å². The van der Waals surface area contributed by atoms with Crippen molar-refractivity contribution in [3.63, 3.8) is 0 Å². The van der Waals surface area contributed by atoms with Gasteiger partial charge < -0.3 is 9.47 Å². The predicted molar refractivity (Wildman–Crippen MR) is 87.6 cm³/mol. The SMILES string of the molecule is CCOC(=O)c1c(-c2ccccc2F)nn2c1OCCC2C(C)C. The lowest BCUT2D eigenvalue weighted by Gasteiger charge is -2.27. The lowest BCUT2D eigenvalue weighted by atomic mass is 10.0. The highest BCUT2D eigenvalue weighted by Crippen LogP contribution is 2.39. The van der Waals surface area contributed by atoms with Crippen LogP contribution in [-0.4, -0.2) is 29.0 Å². The van der Waals surface area contributed by atoms with Crippen LogP contribution in [-0.2, 0) is 4.74 Å². The van der Waals surface area contributed by atoms with E-state index in [1.54, 1.807) is 29.8 Å². The third-order valence-corrected chi connectivity index (χ3v) is 4.21. The maximum Gasteiger partial charge on any atom is 0.345 e. The van der Waals surface area contributed by atoms with Gasteiger partial charge in [-0.15, -0.1) is 0 Å². The van der Waals surface area contributed by atoms with Crippen LogP contribution in [0.1, 0.15) is 43.6 Å². The second-order valence-electron chi connectivity index (χ2n) is 6.12. The van der Waals surface area contributed by atoms with Crippen molar-refractivity contribution >= 4 is 5.97 Å². The Bertz CT molecular complexity index is 755. The van der Waals surface area contributed by atoms with Crippen LogP contribution in [0.25, 0.3) is 11.3 Å². The first kappa shape index (κ1) is 16.5. The van der Waals surface area contributed by atoms with Gasteiger partial charge in [-0.3, -0.25) is 0 Å². The topological polar surface area (TPSA) is 53.3 Å². The van der Waals surface area contributed by atoms with E-state index >= 15 is 0 Å². The van der Waals surface area contributed by atoms with Crippen LogP contribution in [0.4, 0.5) is 4.39 Å². The maximum absolute atomic E-state index is 14.3. The number of carbonyl (C=O) groups is 1. The van der Waals surface area contributed by atoms with Gasteiger partial charge in [-0.25, -0.2) is 13.9 Å². The van der Waals surface area contributed by atoms with Gasteiger partial charge in [0.2, 0.25) is 5.88 Å². The number of rotatable bonds is 4. The normalized spacial score (nSPS) is 16.6. The van der Waals surface area contributed by atoms with Crippen molar-refractivity contribution in [3.8, 4) is 17.1 Å². The van der Waals surface area contributed by atoms with Crippen molar-refractivity contribution in [3.05, 3.63) is 35.6 Å². The molecule has 5 nitrogen and oxygen atoms in total. The number of esters is 1. The van der Waals surface area contributed by atoms with Gasteiger partial charge >= 0.3 is 5.97 Å². The van der Waals surface area contributed by atoms with Crippen molar-refractivity contribution in [1.29, 1.82) is 0 Å². The molecule has 6 heteroatoms. The van der Waals surface area contributed by atoms with E-state index in [0.717, 1.165) is 6.42 Å². The van der Waals surface area contributed by atoms with E-state index in [1.165, 1.54) is 6.07 Å². The van der Waals surface area contributed by atoms with Crippen LogP contribution >= 0.6 is 0 Å². The molecule has 2 aromatic rings. The number of aromatic nitrogens is 2. The zero-order valence-electron chi connectivity index (χ0n) is 14.1. The summed E-state index contributed by atoms with van der Waals surface area (Å²) in [6.07, 6.45) is 0.797. The number of fused-ring (bicyclic) bond motifs is 1. The number of benzene rings is 1. The van der Waals surface area contributed by atoms with Gasteiger partial charge in [-0.05, 0) is 25.0 Å². The quantitative estimate of drug-likeness (QED) is 0.798. The Balaban J connectivity index is 2.21.